The van der Waals surface area contributed by atoms with Gasteiger partial charge in [0.05, 0.1) is 17.8 Å². The number of carbonyl (C=O) groups is 2. The predicted molar refractivity (Wildman–Crippen MR) is 189 cm³/mol. The lowest BCUT2D eigenvalue weighted by Crippen LogP contribution is -2.43. The van der Waals surface area contributed by atoms with Crippen LogP contribution < -0.4 is 27.0 Å². The number of nitrogens with zero attached hydrogens (tertiary/aromatic N) is 5. The summed E-state index contributed by atoms with van der Waals surface area (Å²) in [5, 5.41) is 27.1. The molecule has 1 aliphatic heterocycles. The molecule has 1 saturated heterocycles. The van der Waals surface area contributed by atoms with Gasteiger partial charge in [-0.25, -0.2) is 10.5 Å². The molecule has 0 spiro atoms. The summed E-state index contributed by atoms with van der Waals surface area (Å²) in [5.41, 5.74) is 14.5. The molecule has 1 aromatic carbocycles. The number of hydrogen-bond acceptors (Lipinski definition) is 12. The molecular weight excluding hydrogens is 610 g/mol. The second-order valence-electron chi connectivity index (χ2n) is 13.0. The van der Waals surface area contributed by atoms with Gasteiger partial charge in [-0.2, -0.15) is 10.1 Å². The number of carboxylic acid groups (broad SMARTS) is 1. The van der Waals surface area contributed by atoms with Crippen molar-refractivity contribution in [1.82, 2.24) is 30.4 Å². The van der Waals surface area contributed by atoms with Crippen molar-refractivity contribution < 1.29 is 14.7 Å². The van der Waals surface area contributed by atoms with Crippen molar-refractivity contribution in [2.75, 3.05) is 63.5 Å². The molecule has 0 radical (unpaired) electrons. The molecule has 1 atom stereocenters. The van der Waals surface area contributed by atoms with Crippen LogP contribution in [0.4, 0.5) is 11.8 Å². The van der Waals surface area contributed by atoms with Gasteiger partial charge in [0.25, 0.3) is 0 Å². The van der Waals surface area contributed by atoms with E-state index in [9.17, 15) is 9.59 Å². The van der Waals surface area contributed by atoms with Crippen molar-refractivity contribution in [2.24, 2.45) is 10.8 Å². The number of fused-ring (bicyclic) bond motifs is 1. The molecule has 2 fully saturated rings. The smallest absolute Gasteiger partial charge is 0.320 e. The number of hydrogen-bond donors (Lipinski definition) is 7. The number of para-hydroxylation sites is 1. The molecule has 4 rings (SSSR count). The molecule has 0 bridgehead atoms. The molecule has 14 heteroatoms. The average molecular weight is 666 g/mol. The highest BCUT2D eigenvalue weighted by molar-refractivity contribution is 5.90. The van der Waals surface area contributed by atoms with Crippen LogP contribution in [-0.2, 0) is 9.59 Å². The molecule has 14 nitrogen and oxygen atoms in total. The largest absolute Gasteiger partial charge is 0.480 e. The van der Waals surface area contributed by atoms with Gasteiger partial charge in [0, 0.05) is 49.7 Å². The number of rotatable bonds is 20. The summed E-state index contributed by atoms with van der Waals surface area (Å²) in [6.45, 7) is 5.35. The minimum atomic E-state index is -1.09. The number of likely N-dealkylation sites (tertiary alicyclic amines) is 1. The highest BCUT2D eigenvalue weighted by Gasteiger charge is 2.25. The number of piperidine rings is 1. The Hall–Kier alpha value is -3.88. The Balaban J connectivity index is 1.18. The zero-order valence-corrected chi connectivity index (χ0v) is 28.4. The Kier molecular flexibility index (Phi) is 15.3. The Morgan fingerprint density at radius 1 is 1.10 bits per heavy atom. The van der Waals surface area contributed by atoms with Gasteiger partial charge in [0.15, 0.2) is 0 Å². The summed E-state index contributed by atoms with van der Waals surface area (Å²) in [6.07, 6.45) is 12.5. The fourth-order valence-electron chi connectivity index (χ4n) is 6.37. The van der Waals surface area contributed by atoms with Gasteiger partial charge < -0.3 is 41.9 Å². The molecule has 2 aromatic rings. The van der Waals surface area contributed by atoms with E-state index in [1.165, 1.54) is 32.1 Å². The van der Waals surface area contributed by atoms with E-state index in [-0.39, 0.29) is 24.8 Å². The number of amides is 1. The quantitative estimate of drug-likeness (QED) is 0.0804. The lowest BCUT2D eigenvalue weighted by atomic mass is 9.94. The predicted octanol–water partition coefficient (Wildman–Crippen LogP) is 3.73. The van der Waals surface area contributed by atoms with Crippen molar-refractivity contribution in [1.29, 1.82) is 5.53 Å². The summed E-state index contributed by atoms with van der Waals surface area (Å²) in [4.78, 5) is 37.3. The van der Waals surface area contributed by atoms with Crippen molar-refractivity contribution in [3.63, 3.8) is 0 Å². The van der Waals surface area contributed by atoms with Crippen LogP contribution in [0.5, 0.6) is 0 Å². The van der Waals surface area contributed by atoms with Crippen LogP contribution in [0, 0.1) is 5.53 Å². The number of nitrogens with one attached hydrogen (secondary N) is 5. The first-order valence-corrected chi connectivity index (χ1v) is 17.6. The minimum Gasteiger partial charge on any atom is -0.480 e. The van der Waals surface area contributed by atoms with Gasteiger partial charge in [0.2, 0.25) is 11.9 Å². The third-order valence-electron chi connectivity index (χ3n) is 9.36. The Bertz CT molecular complexity index is 1340. The van der Waals surface area contributed by atoms with E-state index < -0.39 is 12.0 Å². The van der Waals surface area contributed by atoms with Gasteiger partial charge in [-0.15, -0.1) is 0 Å². The summed E-state index contributed by atoms with van der Waals surface area (Å²) in [7, 11) is 2.27. The van der Waals surface area contributed by atoms with Crippen LogP contribution in [0.3, 0.4) is 0 Å². The summed E-state index contributed by atoms with van der Waals surface area (Å²) in [6, 6.07) is 7.66. The normalized spacial score (nSPS) is 17.0. The van der Waals surface area contributed by atoms with Gasteiger partial charge >= 0.3 is 5.97 Å². The summed E-state index contributed by atoms with van der Waals surface area (Å²) >= 11 is 0. The van der Waals surface area contributed by atoms with E-state index >= 15 is 0 Å². The average Bonchev–Trinajstić information content (AvgIpc) is 3.11. The molecule has 2 heterocycles. The van der Waals surface area contributed by atoms with Crippen molar-refractivity contribution in [2.45, 2.75) is 88.8 Å². The maximum Gasteiger partial charge on any atom is 0.320 e. The molecule has 264 valence electrons. The number of benzene rings is 1. The van der Waals surface area contributed by atoms with Gasteiger partial charge in [-0.05, 0) is 83.8 Å². The van der Waals surface area contributed by atoms with Gasteiger partial charge in [-0.1, -0.05) is 31.4 Å². The lowest BCUT2D eigenvalue weighted by molar-refractivity contribution is -0.139. The standard InChI is InChI=1S/C34H55N11O3/c1-44(27-9-3-2-4-10-27)20-8-19-37-17-7-18-38-23-26(43-36)24-39-34-41-30-12-6-5-11-28(30)32(42-34)40-25-15-21-45(22-16-25)31(46)14-13-29(35)33(47)48/h5-6,11-12,23,25,27,29,36-38H,2-4,7-10,13-22,24,35H2,1H3,(H,47,48)(H2,39,40,41,42)/b26-23-,43-36?. The van der Waals surface area contributed by atoms with Crippen LogP contribution >= 0.6 is 0 Å². The number of carboxylic acids is 1. The SMILES string of the molecule is CN(CCCNCCCN/C=C(/CNc1nc(NC2CCN(C(=O)CCC(N)C(=O)O)CC2)c2ccccc2n1)N=N)C1CCCCC1. The molecule has 8 N–H and O–H groups in total. The first kappa shape index (κ1) is 36.9. The van der Waals surface area contributed by atoms with Crippen molar-refractivity contribution in [3.8, 4) is 0 Å². The number of nitrogens with two attached hydrogens (primary N) is 1. The summed E-state index contributed by atoms with van der Waals surface area (Å²) in [5.74, 6) is -0.0132. The van der Waals surface area contributed by atoms with E-state index in [0.29, 0.717) is 37.1 Å². The third-order valence-corrected chi connectivity index (χ3v) is 9.36. The fourth-order valence-corrected chi connectivity index (χ4v) is 6.37. The molecule has 1 unspecified atom stereocenters. The fraction of sp³-hybridized carbons (Fsp3) is 0.647. The monoisotopic (exact) mass is 665 g/mol. The maximum absolute atomic E-state index is 12.6. The van der Waals surface area contributed by atoms with Crippen molar-refractivity contribution in [3.05, 3.63) is 36.2 Å². The van der Waals surface area contributed by atoms with E-state index in [0.717, 1.165) is 68.8 Å². The third kappa shape index (κ3) is 12.0. The Morgan fingerprint density at radius 3 is 2.60 bits per heavy atom. The van der Waals surface area contributed by atoms with E-state index in [1.807, 2.05) is 24.3 Å². The second kappa shape index (κ2) is 19.8. The number of carbonyl (C=O) groups excluding carboxylic acids is 1. The second-order valence-corrected chi connectivity index (χ2v) is 13.0. The molecule has 1 aromatic heterocycles. The first-order valence-electron chi connectivity index (χ1n) is 17.6. The van der Waals surface area contributed by atoms with Crippen LogP contribution in [0.1, 0.15) is 70.6 Å². The van der Waals surface area contributed by atoms with E-state index in [1.54, 1.807) is 11.1 Å². The molecular formula is C34H55N11O3. The molecule has 2 aliphatic rings. The van der Waals surface area contributed by atoms with E-state index in [2.05, 4.69) is 43.3 Å². The molecule has 48 heavy (non-hydrogen) atoms. The van der Waals surface area contributed by atoms with Crippen molar-refractivity contribution >= 4 is 34.5 Å². The number of anilines is 2. The maximum atomic E-state index is 12.6. The van der Waals surface area contributed by atoms with Crippen LogP contribution in [0.25, 0.3) is 10.9 Å². The first-order chi connectivity index (χ1) is 23.3. The zero-order valence-electron chi connectivity index (χ0n) is 28.4. The highest BCUT2D eigenvalue weighted by atomic mass is 16.4. The minimum absolute atomic E-state index is 0.0672. The van der Waals surface area contributed by atoms with Gasteiger partial charge in [0.1, 0.15) is 11.9 Å². The van der Waals surface area contributed by atoms with Gasteiger partial charge in [-0.3, -0.25) is 9.59 Å². The van der Waals surface area contributed by atoms with Crippen LogP contribution in [-0.4, -0.2) is 108 Å². The number of aliphatic carboxylic acids is 1. The Labute approximate surface area is 284 Å². The lowest BCUT2D eigenvalue weighted by Gasteiger charge is -2.33. The highest BCUT2D eigenvalue weighted by Crippen LogP contribution is 2.25. The van der Waals surface area contributed by atoms with E-state index in [4.69, 9.17) is 21.4 Å². The molecule has 1 aliphatic carbocycles. The zero-order chi connectivity index (χ0) is 34.1. The topological polar surface area (TPSA) is 197 Å². The van der Waals surface area contributed by atoms with Crippen LogP contribution in [0.15, 0.2) is 41.3 Å². The summed E-state index contributed by atoms with van der Waals surface area (Å²) < 4.78 is 0. The molecule has 1 amide bonds. The number of aromatic nitrogens is 2. The van der Waals surface area contributed by atoms with Crippen LogP contribution in [0.2, 0.25) is 0 Å². The molecule has 1 saturated carbocycles. The Morgan fingerprint density at radius 2 is 1.85 bits per heavy atom.